The fourth-order valence-corrected chi connectivity index (χ4v) is 2.31. The third-order valence-corrected chi connectivity index (χ3v) is 3.49. The van der Waals surface area contributed by atoms with Gasteiger partial charge < -0.3 is 0 Å². The van der Waals surface area contributed by atoms with E-state index >= 15 is 0 Å². The van der Waals surface area contributed by atoms with E-state index in [1.165, 1.54) is 69.8 Å². The summed E-state index contributed by atoms with van der Waals surface area (Å²) >= 11 is 0. The summed E-state index contributed by atoms with van der Waals surface area (Å²) < 4.78 is 0. The molecule has 0 radical (unpaired) electrons. The van der Waals surface area contributed by atoms with Crippen molar-refractivity contribution in [2.45, 2.75) is 71.1 Å². The molecule has 0 bridgehead atoms. The molecule has 102 valence electrons. The summed E-state index contributed by atoms with van der Waals surface area (Å²) in [6, 6.07) is 10.7. The normalized spacial score (nSPS) is 9.95. The Morgan fingerprint density at radius 2 is 1.26 bits per heavy atom. The summed E-state index contributed by atoms with van der Waals surface area (Å²) in [4.78, 5) is 0. The first-order valence-corrected chi connectivity index (χ1v) is 7.81. The molecule has 0 unspecified atom stereocenters. The van der Waals surface area contributed by atoms with E-state index in [0.29, 0.717) is 0 Å². The number of hydrogen-bond acceptors (Lipinski definition) is 0. The predicted molar refractivity (Wildman–Crippen MR) is 81.7 cm³/mol. The Balaban J connectivity index is 0.00000324. The van der Waals surface area contributed by atoms with Gasteiger partial charge in [0.15, 0.2) is 0 Å². The first-order valence-electron chi connectivity index (χ1n) is 7.81. The van der Waals surface area contributed by atoms with E-state index in [-0.39, 0.29) is 18.9 Å². The van der Waals surface area contributed by atoms with Gasteiger partial charge in [-0.1, -0.05) is 77.2 Å². The second-order valence-electron chi connectivity index (χ2n) is 5.23. The van der Waals surface area contributed by atoms with Crippen LogP contribution in [-0.4, -0.2) is 0 Å². The van der Waals surface area contributed by atoms with Gasteiger partial charge in [0.05, 0.1) is 0 Å². The van der Waals surface area contributed by atoms with Crippen LogP contribution in [0.2, 0.25) is 0 Å². The van der Waals surface area contributed by atoms with Crippen LogP contribution in [-0.2, 0) is 0 Å². The molecule has 1 rings (SSSR count). The van der Waals surface area contributed by atoms with E-state index in [2.05, 4.69) is 43.7 Å². The Kier molecular flexibility index (Phi) is 13.9. The topological polar surface area (TPSA) is 0 Å². The van der Waals surface area contributed by atoms with Crippen molar-refractivity contribution in [3.05, 3.63) is 42.3 Å². The van der Waals surface area contributed by atoms with Crippen molar-refractivity contribution in [3.8, 4) is 0 Å². The summed E-state index contributed by atoms with van der Waals surface area (Å²) in [7, 11) is 0. The Bertz CT molecular complexity index is 268. The van der Waals surface area contributed by atoms with Gasteiger partial charge in [-0.25, -0.2) is 0 Å². The Morgan fingerprint density at radius 3 is 1.84 bits per heavy atom. The van der Waals surface area contributed by atoms with Crippen LogP contribution in [0.15, 0.2) is 30.3 Å². The first-order chi connectivity index (χ1) is 8.93. The van der Waals surface area contributed by atoms with E-state index < -0.39 is 0 Å². The van der Waals surface area contributed by atoms with Crippen LogP contribution < -0.4 is 18.9 Å². The molecule has 1 aromatic carbocycles. The standard InChI is InChI=1S/C18H29.Li/c1-2-3-4-5-6-7-8-9-10-12-15-18-16-13-11-14-17-18;/h11,13-17H,2-10,12H2,1H3;/q-1;+1. The minimum Gasteiger partial charge on any atom is -0.192 e. The second-order valence-corrected chi connectivity index (χ2v) is 5.23. The van der Waals surface area contributed by atoms with Gasteiger partial charge in [-0.15, -0.1) is 12.1 Å². The molecule has 19 heavy (non-hydrogen) atoms. The average molecular weight is 252 g/mol. The van der Waals surface area contributed by atoms with Crippen LogP contribution in [0.3, 0.4) is 0 Å². The van der Waals surface area contributed by atoms with Crippen molar-refractivity contribution in [1.29, 1.82) is 0 Å². The summed E-state index contributed by atoms with van der Waals surface area (Å²) in [5.41, 5.74) is 1.37. The fraction of sp³-hybridized carbons (Fsp3) is 0.611. The van der Waals surface area contributed by atoms with Crippen molar-refractivity contribution < 1.29 is 18.9 Å². The van der Waals surface area contributed by atoms with Crippen molar-refractivity contribution in [1.82, 2.24) is 0 Å². The van der Waals surface area contributed by atoms with Crippen LogP contribution in [0.5, 0.6) is 0 Å². The molecule has 0 aliphatic carbocycles. The van der Waals surface area contributed by atoms with Gasteiger partial charge in [0, 0.05) is 0 Å². The summed E-state index contributed by atoms with van der Waals surface area (Å²) in [6.07, 6.45) is 16.3. The molecule has 0 nitrogen and oxygen atoms in total. The third kappa shape index (κ3) is 11.2. The van der Waals surface area contributed by atoms with Gasteiger partial charge in [0.1, 0.15) is 0 Å². The molecule has 1 aromatic rings. The van der Waals surface area contributed by atoms with Crippen molar-refractivity contribution in [3.63, 3.8) is 0 Å². The molecule has 0 N–H and O–H groups in total. The number of hydrogen-bond donors (Lipinski definition) is 0. The Labute approximate surface area is 132 Å². The van der Waals surface area contributed by atoms with Crippen molar-refractivity contribution in [2.75, 3.05) is 0 Å². The van der Waals surface area contributed by atoms with Crippen LogP contribution in [0.1, 0.15) is 76.7 Å². The van der Waals surface area contributed by atoms with Gasteiger partial charge in [-0.3, -0.25) is 0 Å². The van der Waals surface area contributed by atoms with Crippen molar-refractivity contribution in [2.24, 2.45) is 0 Å². The zero-order valence-corrected chi connectivity index (χ0v) is 13.0. The molecule has 0 amide bonds. The molecule has 0 heterocycles. The Hall–Kier alpha value is -0.313. The first kappa shape index (κ1) is 18.7. The third-order valence-electron chi connectivity index (χ3n) is 3.49. The second kappa shape index (κ2) is 14.1. The zero-order valence-electron chi connectivity index (χ0n) is 13.0. The number of rotatable bonds is 11. The van der Waals surface area contributed by atoms with Crippen LogP contribution >= 0.6 is 0 Å². The van der Waals surface area contributed by atoms with E-state index in [1.54, 1.807) is 0 Å². The average Bonchev–Trinajstić information content (AvgIpc) is 2.42. The maximum Gasteiger partial charge on any atom is 1.00 e. The molecule has 0 aromatic heterocycles. The monoisotopic (exact) mass is 252 g/mol. The summed E-state index contributed by atoms with van der Waals surface area (Å²) in [5.74, 6) is 0. The maximum atomic E-state index is 2.36. The van der Waals surface area contributed by atoms with Crippen molar-refractivity contribution >= 4 is 0 Å². The molecular formula is C18H29Li. The SMILES string of the molecule is CCCCCCCCCCC[CH-]c1ccccc1.[Li+]. The Morgan fingerprint density at radius 1 is 0.737 bits per heavy atom. The van der Waals surface area contributed by atoms with Crippen LogP contribution in [0.25, 0.3) is 0 Å². The molecule has 0 aliphatic rings. The smallest absolute Gasteiger partial charge is 0.192 e. The molecular weight excluding hydrogens is 223 g/mol. The molecule has 0 saturated carbocycles. The van der Waals surface area contributed by atoms with Gasteiger partial charge in [-0.2, -0.15) is 24.1 Å². The van der Waals surface area contributed by atoms with Gasteiger partial charge in [0.2, 0.25) is 0 Å². The van der Waals surface area contributed by atoms with E-state index in [4.69, 9.17) is 0 Å². The van der Waals surface area contributed by atoms with Gasteiger partial charge in [-0.05, 0) is 0 Å². The molecule has 0 fully saturated rings. The molecule has 0 spiro atoms. The molecule has 0 aliphatic heterocycles. The summed E-state index contributed by atoms with van der Waals surface area (Å²) in [5, 5.41) is 0. The molecule has 1 heteroatoms. The van der Waals surface area contributed by atoms with Gasteiger partial charge >= 0.3 is 18.9 Å². The van der Waals surface area contributed by atoms with E-state index in [0.717, 1.165) is 0 Å². The van der Waals surface area contributed by atoms with E-state index in [9.17, 15) is 0 Å². The molecule has 0 atom stereocenters. The zero-order chi connectivity index (χ0) is 12.9. The predicted octanol–water partition coefficient (Wildman–Crippen LogP) is 3.16. The number of unbranched alkanes of at least 4 members (excludes halogenated alkanes) is 9. The number of benzene rings is 1. The fourth-order valence-electron chi connectivity index (χ4n) is 2.31. The largest absolute Gasteiger partial charge is 1.00 e. The summed E-state index contributed by atoms with van der Waals surface area (Å²) in [6.45, 7) is 2.28. The minimum atomic E-state index is 0. The van der Waals surface area contributed by atoms with Crippen LogP contribution in [0.4, 0.5) is 0 Å². The quantitative estimate of drug-likeness (QED) is 0.322. The van der Waals surface area contributed by atoms with Crippen LogP contribution in [0, 0.1) is 6.42 Å². The maximum absolute atomic E-state index is 2.36. The minimum absolute atomic E-state index is 0. The van der Waals surface area contributed by atoms with E-state index in [1.807, 2.05) is 0 Å². The van der Waals surface area contributed by atoms with Gasteiger partial charge in [0.25, 0.3) is 0 Å². The molecule has 0 saturated heterocycles.